The number of aliphatic hydroxyl groups excluding tert-OH is 1. The van der Waals surface area contributed by atoms with Crippen LogP contribution in [0.1, 0.15) is 19.3 Å². The Morgan fingerprint density at radius 3 is 2.60 bits per heavy atom. The Balaban J connectivity index is 1.99. The van der Waals surface area contributed by atoms with Crippen molar-refractivity contribution in [2.24, 2.45) is 0 Å². The molecule has 1 aliphatic rings. The highest BCUT2D eigenvalue weighted by Crippen LogP contribution is 2.18. The molecule has 0 unspecified atom stereocenters. The molecular formula is C9H16N2O4. The third kappa shape index (κ3) is 5.34. The second-order valence-corrected chi connectivity index (χ2v) is 3.64. The average molecular weight is 216 g/mol. The Kier molecular flexibility index (Phi) is 4.51. The number of hydrogen-bond donors (Lipinski definition) is 4. The van der Waals surface area contributed by atoms with Crippen LogP contribution in [0.15, 0.2) is 0 Å². The molecule has 6 heteroatoms. The number of carbonyl (C=O) groups is 2. The van der Waals surface area contributed by atoms with Gasteiger partial charge in [-0.25, -0.2) is 4.79 Å². The van der Waals surface area contributed by atoms with Gasteiger partial charge in [0.15, 0.2) is 6.10 Å². The van der Waals surface area contributed by atoms with Crippen molar-refractivity contribution in [1.29, 1.82) is 0 Å². The molecule has 0 heterocycles. The van der Waals surface area contributed by atoms with Gasteiger partial charge in [-0.05, 0) is 12.8 Å². The highest BCUT2D eigenvalue weighted by Gasteiger charge is 2.20. The predicted molar refractivity (Wildman–Crippen MR) is 52.3 cm³/mol. The number of aliphatic hydroxyl groups is 1. The van der Waals surface area contributed by atoms with Crippen LogP contribution in [0.2, 0.25) is 0 Å². The van der Waals surface area contributed by atoms with Gasteiger partial charge in [0.25, 0.3) is 0 Å². The fourth-order valence-corrected chi connectivity index (χ4v) is 1.06. The van der Waals surface area contributed by atoms with Crippen LogP contribution in [0.25, 0.3) is 0 Å². The molecule has 0 aromatic rings. The zero-order valence-electron chi connectivity index (χ0n) is 8.40. The third-order valence-electron chi connectivity index (χ3n) is 2.14. The maximum absolute atomic E-state index is 11.1. The Morgan fingerprint density at radius 2 is 2.07 bits per heavy atom. The molecule has 15 heavy (non-hydrogen) atoms. The normalized spacial score (nSPS) is 17.1. The summed E-state index contributed by atoms with van der Waals surface area (Å²) in [4.78, 5) is 21.3. The summed E-state index contributed by atoms with van der Waals surface area (Å²) in [6, 6.07) is 0.558. The summed E-state index contributed by atoms with van der Waals surface area (Å²) in [5, 5.41) is 22.7. The zero-order valence-corrected chi connectivity index (χ0v) is 8.40. The van der Waals surface area contributed by atoms with Crippen LogP contribution >= 0.6 is 0 Å². The highest BCUT2D eigenvalue weighted by atomic mass is 16.4. The molecule has 0 aromatic heterocycles. The lowest BCUT2D eigenvalue weighted by Gasteiger charge is -2.07. The van der Waals surface area contributed by atoms with E-state index in [0.717, 1.165) is 0 Å². The Bertz CT molecular complexity index is 240. The fourth-order valence-electron chi connectivity index (χ4n) is 1.06. The first-order valence-electron chi connectivity index (χ1n) is 5.00. The van der Waals surface area contributed by atoms with Crippen LogP contribution in [0.5, 0.6) is 0 Å². The van der Waals surface area contributed by atoms with Crippen molar-refractivity contribution >= 4 is 11.9 Å². The lowest BCUT2D eigenvalue weighted by Crippen LogP contribution is -2.37. The lowest BCUT2D eigenvalue weighted by atomic mass is 10.3. The summed E-state index contributed by atoms with van der Waals surface area (Å²) in [6.45, 7) is 0.358. The van der Waals surface area contributed by atoms with Crippen LogP contribution in [-0.4, -0.2) is 47.3 Å². The molecule has 1 amide bonds. The van der Waals surface area contributed by atoms with Crippen LogP contribution < -0.4 is 10.6 Å². The van der Waals surface area contributed by atoms with E-state index in [-0.39, 0.29) is 12.5 Å². The first-order valence-corrected chi connectivity index (χ1v) is 5.00. The lowest BCUT2D eigenvalue weighted by molar-refractivity contribution is -0.146. The summed E-state index contributed by atoms with van der Waals surface area (Å²) in [5.74, 6) is -1.57. The van der Waals surface area contributed by atoms with E-state index >= 15 is 0 Å². The third-order valence-corrected chi connectivity index (χ3v) is 2.14. The van der Waals surface area contributed by atoms with Gasteiger partial charge in [-0.1, -0.05) is 0 Å². The zero-order chi connectivity index (χ0) is 11.3. The molecule has 4 N–H and O–H groups in total. The van der Waals surface area contributed by atoms with Gasteiger partial charge in [0.2, 0.25) is 5.91 Å². The van der Waals surface area contributed by atoms with Gasteiger partial charge in [-0.2, -0.15) is 0 Å². The molecule has 0 bridgehead atoms. The number of carboxylic acids is 1. The first-order chi connectivity index (χ1) is 7.09. The van der Waals surface area contributed by atoms with Crippen molar-refractivity contribution in [2.45, 2.75) is 31.4 Å². The quantitative estimate of drug-likeness (QED) is 0.423. The number of hydrogen-bond acceptors (Lipinski definition) is 4. The first kappa shape index (κ1) is 11.9. The van der Waals surface area contributed by atoms with Crippen molar-refractivity contribution < 1.29 is 19.8 Å². The molecule has 0 saturated heterocycles. The van der Waals surface area contributed by atoms with Gasteiger partial charge in [0.1, 0.15) is 0 Å². The van der Waals surface area contributed by atoms with E-state index in [2.05, 4.69) is 10.6 Å². The van der Waals surface area contributed by atoms with Crippen molar-refractivity contribution in [3.63, 3.8) is 0 Å². The largest absolute Gasteiger partial charge is 0.479 e. The number of aliphatic carboxylic acids is 1. The molecule has 0 radical (unpaired) electrons. The molecule has 0 spiro atoms. The minimum Gasteiger partial charge on any atom is -0.479 e. The van der Waals surface area contributed by atoms with Gasteiger partial charge >= 0.3 is 5.97 Å². The summed E-state index contributed by atoms with van der Waals surface area (Å²) < 4.78 is 0. The van der Waals surface area contributed by atoms with E-state index in [9.17, 15) is 9.59 Å². The standard InChI is InChI=1S/C9H16N2O4/c12-7(9(14)15)5-11-8(13)3-4-10-6-1-2-6/h6-7,10,12H,1-5H2,(H,11,13)(H,14,15)/t7-/m0/s1. The average Bonchev–Trinajstić information content (AvgIpc) is 2.97. The van der Waals surface area contributed by atoms with Crippen molar-refractivity contribution in [3.8, 4) is 0 Å². The predicted octanol–water partition coefficient (Wildman–Crippen LogP) is -1.31. The number of carbonyl (C=O) groups excluding carboxylic acids is 1. The second-order valence-electron chi connectivity index (χ2n) is 3.64. The van der Waals surface area contributed by atoms with Gasteiger partial charge < -0.3 is 20.8 Å². The van der Waals surface area contributed by atoms with E-state index in [0.29, 0.717) is 19.0 Å². The maximum atomic E-state index is 11.1. The Hall–Kier alpha value is -1.14. The molecule has 6 nitrogen and oxygen atoms in total. The van der Waals surface area contributed by atoms with Crippen molar-refractivity contribution in [2.75, 3.05) is 13.1 Å². The minimum absolute atomic E-state index is 0.238. The van der Waals surface area contributed by atoms with Gasteiger partial charge in [0, 0.05) is 19.0 Å². The summed E-state index contributed by atoms with van der Waals surface area (Å²) in [7, 11) is 0. The number of carboxylic acid groups (broad SMARTS) is 1. The van der Waals surface area contributed by atoms with Crippen LogP contribution in [0.4, 0.5) is 0 Å². The fraction of sp³-hybridized carbons (Fsp3) is 0.778. The maximum Gasteiger partial charge on any atom is 0.334 e. The molecule has 86 valence electrons. The second kappa shape index (κ2) is 5.67. The number of nitrogens with one attached hydrogen (secondary N) is 2. The van der Waals surface area contributed by atoms with Gasteiger partial charge in [0.05, 0.1) is 6.54 Å². The molecule has 1 rings (SSSR count). The van der Waals surface area contributed by atoms with Crippen molar-refractivity contribution in [3.05, 3.63) is 0 Å². The SMILES string of the molecule is O=C(CCNC1CC1)NC[C@H](O)C(=O)O. The highest BCUT2D eigenvalue weighted by molar-refractivity contribution is 5.78. The Labute approximate surface area is 87.7 Å². The monoisotopic (exact) mass is 216 g/mol. The topological polar surface area (TPSA) is 98.7 Å². The molecule has 0 aromatic carbocycles. The molecular weight excluding hydrogens is 200 g/mol. The summed E-state index contributed by atoms with van der Waals surface area (Å²) in [5.41, 5.74) is 0. The molecule has 1 saturated carbocycles. The number of amides is 1. The van der Waals surface area contributed by atoms with Gasteiger partial charge in [-0.15, -0.1) is 0 Å². The van der Waals surface area contributed by atoms with Crippen LogP contribution in [0.3, 0.4) is 0 Å². The molecule has 1 aliphatic carbocycles. The van der Waals surface area contributed by atoms with E-state index < -0.39 is 12.1 Å². The molecule has 0 aliphatic heterocycles. The van der Waals surface area contributed by atoms with E-state index in [1.807, 2.05) is 0 Å². The molecule has 1 fully saturated rings. The van der Waals surface area contributed by atoms with Crippen LogP contribution in [0, 0.1) is 0 Å². The summed E-state index contributed by atoms with van der Waals surface area (Å²) in [6.07, 6.45) is 1.12. The van der Waals surface area contributed by atoms with Crippen LogP contribution in [-0.2, 0) is 9.59 Å². The van der Waals surface area contributed by atoms with E-state index in [1.54, 1.807) is 0 Å². The smallest absolute Gasteiger partial charge is 0.334 e. The molecule has 1 atom stereocenters. The van der Waals surface area contributed by atoms with E-state index in [4.69, 9.17) is 10.2 Å². The van der Waals surface area contributed by atoms with E-state index in [1.165, 1.54) is 12.8 Å². The van der Waals surface area contributed by atoms with Gasteiger partial charge in [-0.3, -0.25) is 4.79 Å². The summed E-state index contributed by atoms with van der Waals surface area (Å²) >= 11 is 0. The number of rotatable bonds is 7. The van der Waals surface area contributed by atoms with Crippen molar-refractivity contribution in [1.82, 2.24) is 10.6 Å². The minimum atomic E-state index is -1.52. The Morgan fingerprint density at radius 1 is 1.40 bits per heavy atom.